The predicted molar refractivity (Wildman–Crippen MR) is 92.9 cm³/mol. The first-order valence-electron chi connectivity index (χ1n) is 8.29. The van der Waals surface area contributed by atoms with E-state index in [0.29, 0.717) is 17.4 Å². The van der Waals surface area contributed by atoms with Crippen LogP contribution in [0.15, 0.2) is 41.3 Å². The van der Waals surface area contributed by atoms with Gasteiger partial charge in [-0.05, 0) is 17.7 Å². The molecule has 3 heterocycles. The lowest BCUT2D eigenvalue weighted by atomic mass is 9.99. The number of hydrogen-bond donors (Lipinski definition) is 0. The first-order chi connectivity index (χ1) is 12.7. The van der Waals surface area contributed by atoms with E-state index in [2.05, 4.69) is 25.0 Å². The minimum Gasteiger partial charge on any atom is -0.497 e. The van der Waals surface area contributed by atoms with Crippen molar-refractivity contribution >= 4 is 0 Å². The highest BCUT2D eigenvalue weighted by Gasteiger charge is 2.32. The Morgan fingerprint density at radius 2 is 1.88 bits per heavy atom. The van der Waals surface area contributed by atoms with Gasteiger partial charge in [0.1, 0.15) is 17.2 Å². The van der Waals surface area contributed by atoms with Crippen LogP contribution in [0.2, 0.25) is 0 Å². The van der Waals surface area contributed by atoms with E-state index in [-0.39, 0.29) is 5.92 Å². The molecule has 0 bridgehead atoms. The Morgan fingerprint density at radius 1 is 1.12 bits per heavy atom. The highest BCUT2D eigenvalue weighted by molar-refractivity contribution is 5.45. The third-order valence-corrected chi connectivity index (χ3v) is 4.36. The lowest BCUT2D eigenvalue weighted by Crippen LogP contribution is -2.44. The first kappa shape index (κ1) is 16.5. The SMILES string of the molecule is COc1cc(CN2CC(c3nc(-c4cnccn4)no3)C2)cc(OC)c1. The maximum absolute atomic E-state index is 5.40. The van der Waals surface area contributed by atoms with E-state index in [4.69, 9.17) is 14.0 Å². The molecule has 134 valence electrons. The minimum absolute atomic E-state index is 0.237. The van der Waals surface area contributed by atoms with Crippen molar-refractivity contribution in [3.05, 3.63) is 48.2 Å². The summed E-state index contributed by atoms with van der Waals surface area (Å²) >= 11 is 0. The van der Waals surface area contributed by atoms with E-state index in [1.54, 1.807) is 32.8 Å². The molecule has 4 rings (SSSR count). The summed E-state index contributed by atoms with van der Waals surface area (Å²) in [4.78, 5) is 15.0. The second kappa shape index (κ2) is 7.09. The van der Waals surface area contributed by atoms with Crippen LogP contribution in [0.1, 0.15) is 17.4 Å². The third kappa shape index (κ3) is 3.36. The Kier molecular flexibility index (Phi) is 4.49. The summed E-state index contributed by atoms with van der Waals surface area (Å²) in [6.45, 7) is 2.54. The molecular weight excluding hydrogens is 334 g/mol. The predicted octanol–water partition coefficient (Wildman–Crippen LogP) is 2.14. The molecule has 2 aromatic heterocycles. The van der Waals surface area contributed by atoms with Gasteiger partial charge in [0.25, 0.3) is 0 Å². The number of aromatic nitrogens is 4. The van der Waals surface area contributed by atoms with Gasteiger partial charge in [0.2, 0.25) is 11.7 Å². The van der Waals surface area contributed by atoms with Gasteiger partial charge in [0.05, 0.1) is 26.3 Å². The fraction of sp³-hybridized carbons (Fsp3) is 0.333. The number of nitrogens with zero attached hydrogens (tertiary/aromatic N) is 5. The van der Waals surface area contributed by atoms with Crippen LogP contribution in [0.5, 0.6) is 11.5 Å². The number of hydrogen-bond acceptors (Lipinski definition) is 8. The zero-order chi connectivity index (χ0) is 17.9. The Morgan fingerprint density at radius 3 is 2.54 bits per heavy atom. The van der Waals surface area contributed by atoms with Gasteiger partial charge in [-0.25, -0.2) is 4.98 Å². The summed E-state index contributed by atoms with van der Waals surface area (Å²) in [5.74, 6) is 2.94. The van der Waals surface area contributed by atoms with Crippen LogP contribution in [0, 0.1) is 0 Å². The fourth-order valence-corrected chi connectivity index (χ4v) is 2.99. The zero-order valence-corrected chi connectivity index (χ0v) is 14.6. The Balaban J connectivity index is 1.38. The summed E-state index contributed by atoms with van der Waals surface area (Å²) in [5, 5.41) is 4.00. The van der Waals surface area contributed by atoms with Gasteiger partial charge in [-0.1, -0.05) is 5.16 Å². The van der Waals surface area contributed by atoms with Crippen LogP contribution in [0.25, 0.3) is 11.5 Å². The summed E-state index contributed by atoms with van der Waals surface area (Å²) in [6.07, 6.45) is 4.85. The van der Waals surface area contributed by atoms with Gasteiger partial charge < -0.3 is 14.0 Å². The van der Waals surface area contributed by atoms with Gasteiger partial charge in [-0.3, -0.25) is 9.88 Å². The molecule has 8 nitrogen and oxygen atoms in total. The van der Waals surface area contributed by atoms with Crippen molar-refractivity contribution in [3.63, 3.8) is 0 Å². The van der Waals surface area contributed by atoms with Crippen LogP contribution >= 0.6 is 0 Å². The van der Waals surface area contributed by atoms with E-state index >= 15 is 0 Å². The molecule has 1 saturated heterocycles. The largest absolute Gasteiger partial charge is 0.497 e. The molecule has 0 aliphatic carbocycles. The summed E-state index contributed by atoms with van der Waals surface area (Å²) < 4.78 is 16.0. The molecule has 8 heteroatoms. The molecule has 1 fully saturated rings. The monoisotopic (exact) mass is 353 g/mol. The van der Waals surface area contributed by atoms with Crippen molar-refractivity contribution in [2.24, 2.45) is 0 Å². The zero-order valence-electron chi connectivity index (χ0n) is 14.6. The van der Waals surface area contributed by atoms with Gasteiger partial charge in [0, 0.05) is 38.1 Å². The van der Waals surface area contributed by atoms with Crippen LogP contribution in [0.3, 0.4) is 0 Å². The van der Waals surface area contributed by atoms with Crippen molar-refractivity contribution in [2.45, 2.75) is 12.5 Å². The lowest BCUT2D eigenvalue weighted by molar-refractivity contribution is 0.117. The van der Waals surface area contributed by atoms with Gasteiger partial charge >= 0.3 is 0 Å². The normalized spacial score (nSPS) is 14.8. The molecule has 1 aromatic carbocycles. The van der Waals surface area contributed by atoms with Crippen molar-refractivity contribution in [1.29, 1.82) is 0 Å². The van der Waals surface area contributed by atoms with Crippen LogP contribution < -0.4 is 9.47 Å². The average molecular weight is 353 g/mol. The van der Waals surface area contributed by atoms with Gasteiger partial charge in [0.15, 0.2) is 0 Å². The van der Waals surface area contributed by atoms with E-state index in [9.17, 15) is 0 Å². The molecule has 0 spiro atoms. The minimum atomic E-state index is 0.237. The molecular formula is C18H19N5O3. The van der Waals surface area contributed by atoms with E-state index < -0.39 is 0 Å². The summed E-state index contributed by atoms with van der Waals surface area (Å²) in [7, 11) is 3.31. The second-order valence-electron chi connectivity index (χ2n) is 6.16. The molecule has 3 aromatic rings. The molecule has 1 aliphatic heterocycles. The molecule has 0 atom stereocenters. The third-order valence-electron chi connectivity index (χ3n) is 4.36. The number of rotatable bonds is 6. The maximum Gasteiger partial charge on any atom is 0.232 e. The molecule has 0 amide bonds. The Hall–Kier alpha value is -3.00. The van der Waals surface area contributed by atoms with Crippen LogP contribution in [0.4, 0.5) is 0 Å². The lowest BCUT2D eigenvalue weighted by Gasteiger charge is -2.37. The molecule has 0 saturated carbocycles. The second-order valence-corrected chi connectivity index (χ2v) is 6.16. The quantitative estimate of drug-likeness (QED) is 0.666. The van der Waals surface area contributed by atoms with E-state index in [0.717, 1.165) is 36.7 Å². The summed E-state index contributed by atoms with van der Waals surface area (Å²) in [5.41, 5.74) is 1.76. The molecule has 0 radical (unpaired) electrons. The van der Waals surface area contributed by atoms with Crippen LogP contribution in [-0.2, 0) is 6.54 Å². The topological polar surface area (TPSA) is 86.4 Å². The van der Waals surface area contributed by atoms with Crippen LogP contribution in [-0.4, -0.2) is 52.3 Å². The molecule has 0 N–H and O–H groups in total. The highest BCUT2D eigenvalue weighted by Crippen LogP contribution is 2.30. The number of likely N-dealkylation sites (tertiary alicyclic amines) is 1. The molecule has 26 heavy (non-hydrogen) atoms. The van der Waals surface area contributed by atoms with Gasteiger partial charge in [-0.15, -0.1) is 0 Å². The fourth-order valence-electron chi connectivity index (χ4n) is 2.99. The highest BCUT2D eigenvalue weighted by atomic mass is 16.5. The summed E-state index contributed by atoms with van der Waals surface area (Å²) in [6, 6.07) is 5.91. The Labute approximate surface area is 150 Å². The smallest absolute Gasteiger partial charge is 0.232 e. The maximum atomic E-state index is 5.40. The van der Waals surface area contributed by atoms with Crippen molar-refractivity contribution in [3.8, 4) is 23.0 Å². The van der Waals surface area contributed by atoms with E-state index in [1.807, 2.05) is 18.2 Å². The van der Waals surface area contributed by atoms with E-state index in [1.165, 1.54) is 0 Å². The van der Waals surface area contributed by atoms with Crippen molar-refractivity contribution in [1.82, 2.24) is 25.0 Å². The number of benzene rings is 1. The average Bonchev–Trinajstić information content (AvgIpc) is 3.14. The Bertz CT molecular complexity index is 855. The van der Waals surface area contributed by atoms with Crippen molar-refractivity contribution in [2.75, 3.05) is 27.3 Å². The molecule has 1 aliphatic rings. The standard InChI is InChI=1S/C18H19N5O3/c1-24-14-5-12(6-15(7-14)25-2)9-23-10-13(11-23)18-21-17(22-26-18)16-8-19-3-4-20-16/h3-8,13H,9-11H2,1-2H3. The van der Waals surface area contributed by atoms with Gasteiger partial charge in [-0.2, -0.15) is 4.98 Å². The van der Waals surface area contributed by atoms with Crippen molar-refractivity contribution < 1.29 is 14.0 Å². The number of ether oxygens (including phenoxy) is 2. The number of methoxy groups -OCH3 is 2. The first-order valence-corrected chi connectivity index (χ1v) is 8.29. The molecule has 0 unspecified atom stereocenters.